The summed E-state index contributed by atoms with van der Waals surface area (Å²) in [5.74, 6) is -0.101. The van der Waals surface area contributed by atoms with Crippen LogP contribution in [0, 0.1) is 16.7 Å². The van der Waals surface area contributed by atoms with Crippen molar-refractivity contribution in [3.8, 4) is 0 Å². The number of Topliss-reactive ketones (excluding diaryl/α,β-unsaturated/α-hetero) is 2. The monoisotopic (exact) mass is 196 g/mol. The molecule has 0 aromatic carbocycles. The first-order valence-electron chi connectivity index (χ1n) is 5.25. The molecule has 2 nitrogen and oxygen atoms in total. The van der Waals surface area contributed by atoms with Crippen LogP contribution in [-0.2, 0) is 9.59 Å². The number of carbonyl (C=O) groups excluding carboxylic acids is 2. The van der Waals surface area contributed by atoms with E-state index in [2.05, 4.69) is 0 Å². The molecule has 0 saturated heterocycles. The van der Waals surface area contributed by atoms with Crippen molar-refractivity contribution in [1.82, 2.24) is 0 Å². The van der Waals surface area contributed by atoms with E-state index in [4.69, 9.17) is 0 Å². The molecule has 80 valence electrons. The SMILES string of the molecule is CC(C)(C)C(=O)C1CCC(C)(C)C1=O. The van der Waals surface area contributed by atoms with E-state index in [9.17, 15) is 9.59 Å². The molecule has 0 radical (unpaired) electrons. The Hall–Kier alpha value is -0.660. The summed E-state index contributed by atoms with van der Waals surface area (Å²) in [4.78, 5) is 23.8. The Morgan fingerprint density at radius 1 is 1.36 bits per heavy atom. The molecule has 1 atom stereocenters. The van der Waals surface area contributed by atoms with Crippen LogP contribution in [0.1, 0.15) is 47.5 Å². The third kappa shape index (κ3) is 1.89. The standard InChI is InChI=1S/C12H20O2/c1-11(2,3)9(13)8-6-7-12(4,5)10(8)14/h8H,6-7H2,1-5H3. The number of hydrogen-bond donors (Lipinski definition) is 0. The van der Waals surface area contributed by atoms with Gasteiger partial charge in [0.05, 0.1) is 5.92 Å². The molecule has 0 bridgehead atoms. The van der Waals surface area contributed by atoms with E-state index in [1.54, 1.807) is 0 Å². The molecule has 14 heavy (non-hydrogen) atoms. The van der Waals surface area contributed by atoms with Crippen LogP contribution < -0.4 is 0 Å². The summed E-state index contributed by atoms with van der Waals surface area (Å²) < 4.78 is 0. The third-order valence-electron chi connectivity index (χ3n) is 3.10. The first-order chi connectivity index (χ1) is 6.16. The highest BCUT2D eigenvalue weighted by atomic mass is 16.2. The Morgan fingerprint density at radius 2 is 1.86 bits per heavy atom. The van der Waals surface area contributed by atoms with E-state index in [1.165, 1.54) is 0 Å². The van der Waals surface area contributed by atoms with E-state index in [0.717, 1.165) is 12.8 Å². The second-order valence-electron chi connectivity index (χ2n) is 5.95. The van der Waals surface area contributed by atoms with Gasteiger partial charge in [0, 0.05) is 10.8 Å². The van der Waals surface area contributed by atoms with E-state index < -0.39 is 0 Å². The van der Waals surface area contributed by atoms with E-state index in [1.807, 2.05) is 34.6 Å². The van der Waals surface area contributed by atoms with Crippen molar-refractivity contribution >= 4 is 11.6 Å². The molecule has 0 spiro atoms. The fourth-order valence-electron chi connectivity index (χ4n) is 2.00. The average Bonchev–Trinajstić information content (AvgIpc) is 2.25. The lowest BCUT2D eigenvalue weighted by molar-refractivity contribution is -0.138. The predicted molar refractivity (Wildman–Crippen MR) is 56.0 cm³/mol. The molecule has 2 heteroatoms. The zero-order valence-corrected chi connectivity index (χ0v) is 9.81. The number of ketones is 2. The summed E-state index contributed by atoms with van der Waals surface area (Å²) in [6.07, 6.45) is 1.58. The molecular weight excluding hydrogens is 176 g/mol. The molecular formula is C12H20O2. The van der Waals surface area contributed by atoms with Crippen molar-refractivity contribution in [2.24, 2.45) is 16.7 Å². The van der Waals surface area contributed by atoms with E-state index >= 15 is 0 Å². The number of carbonyl (C=O) groups is 2. The van der Waals surface area contributed by atoms with Gasteiger partial charge >= 0.3 is 0 Å². The van der Waals surface area contributed by atoms with Gasteiger partial charge < -0.3 is 0 Å². The van der Waals surface area contributed by atoms with Gasteiger partial charge in [0.25, 0.3) is 0 Å². The topological polar surface area (TPSA) is 34.1 Å². The van der Waals surface area contributed by atoms with Gasteiger partial charge in [0.1, 0.15) is 11.6 Å². The van der Waals surface area contributed by atoms with Crippen molar-refractivity contribution in [2.75, 3.05) is 0 Å². The van der Waals surface area contributed by atoms with Crippen molar-refractivity contribution in [2.45, 2.75) is 47.5 Å². The Bertz CT molecular complexity index is 269. The molecule has 0 heterocycles. The highest BCUT2D eigenvalue weighted by Gasteiger charge is 2.46. The minimum atomic E-state index is -0.388. The molecule has 1 aliphatic rings. The first kappa shape index (κ1) is 11.4. The maximum atomic E-state index is 11.9. The van der Waals surface area contributed by atoms with Crippen LogP contribution in [0.4, 0.5) is 0 Å². The highest BCUT2D eigenvalue weighted by Crippen LogP contribution is 2.40. The summed E-state index contributed by atoms with van der Waals surface area (Å²) in [7, 11) is 0. The van der Waals surface area contributed by atoms with Gasteiger partial charge in [-0.15, -0.1) is 0 Å². The second-order valence-corrected chi connectivity index (χ2v) is 5.95. The fraction of sp³-hybridized carbons (Fsp3) is 0.833. The zero-order valence-electron chi connectivity index (χ0n) is 9.81. The van der Waals surface area contributed by atoms with Crippen molar-refractivity contribution in [3.63, 3.8) is 0 Å². The van der Waals surface area contributed by atoms with Crippen LogP contribution >= 0.6 is 0 Å². The molecule has 1 unspecified atom stereocenters. The Kier molecular flexibility index (Phi) is 2.59. The highest BCUT2D eigenvalue weighted by molar-refractivity contribution is 6.07. The quantitative estimate of drug-likeness (QED) is 0.604. The van der Waals surface area contributed by atoms with Crippen LogP contribution in [0.5, 0.6) is 0 Å². The summed E-state index contributed by atoms with van der Waals surface area (Å²) in [6.45, 7) is 9.52. The van der Waals surface area contributed by atoms with Gasteiger partial charge in [-0.05, 0) is 12.8 Å². The number of hydrogen-bond acceptors (Lipinski definition) is 2. The summed E-state index contributed by atoms with van der Waals surface area (Å²) >= 11 is 0. The van der Waals surface area contributed by atoms with Gasteiger partial charge in [-0.1, -0.05) is 34.6 Å². The third-order valence-corrected chi connectivity index (χ3v) is 3.10. The predicted octanol–water partition coefficient (Wildman–Crippen LogP) is 2.61. The van der Waals surface area contributed by atoms with E-state index in [0.29, 0.717) is 0 Å². The van der Waals surface area contributed by atoms with Crippen LogP contribution in [0.3, 0.4) is 0 Å². The normalized spacial score (nSPS) is 26.6. The van der Waals surface area contributed by atoms with Crippen molar-refractivity contribution in [1.29, 1.82) is 0 Å². The van der Waals surface area contributed by atoms with Crippen LogP contribution in [0.25, 0.3) is 0 Å². The second kappa shape index (κ2) is 3.18. The lowest BCUT2D eigenvalue weighted by Crippen LogP contribution is -2.34. The van der Waals surface area contributed by atoms with Crippen LogP contribution in [-0.4, -0.2) is 11.6 Å². The Labute approximate surface area is 86.1 Å². The molecule has 1 saturated carbocycles. The fourth-order valence-corrected chi connectivity index (χ4v) is 2.00. The van der Waals surface area contributed by atoms with Gasteiger partial charge in [0.15, 0.2) is 0 Å². The summed E-state index contributed by atoms with van der Waals surface area (Å²) in [6, 6.07) is 0. The molecule has 1 rings (SSSR count). The minimum Gasteiger partial charge on any atom is -0.298 e. The lowest BCUT2D eigenvalue weighted by atomic mass is 9.80. The zero-order chi connectivity index (χ0) is 11.1. The molecule has 0 amide bonds. The molecule has 0 aliphatic heterocycles. The van der Waals surface area contributed by atoms with Crippen molar-refractivity contribution in [3.05, 3.63) is 0 Å². The van der Waals surface area contributed by atoms with Crippen LogP contribution in [0.2, 0.25) is 0 Å². The molecule has 0 aromatic rings. The lowest BCUT2D eigenvalue weighted by Gasteiger charge is -2.22. The maximum absolute atomic E-state index is 11.9. The van der Waals surface area contributed by atoms with Gasteiger partial charge in [-0.3, -0.25) is 9.59 Å². The van der Waals surface area contributed by atoms with Gasteiger partial charge in [-0.2, -0.15) is 0 Å². The largest absolute Gasteiger partial charge is 0.298 e. The molecule has 1 aliphatic carbocycles. The van der Waals surface area contributed by atoms with Gasteiger partial charge in [-0.25, -0.2) is 0 Å². The van der Waals surface area contributed by atoms with E-state index in [-0.39, 0.29) is 28.3 Å². The molecule has 0 N–H and O–H groups in total. The first-order valence-corrected chi connectivity index (χ1v) is 5.25. The maximum Gasteiger partial charge on any atom is 0.148 e. The average molecular weight is 196 g/mol. The van der Waals surface area contributed by atoms with Gasteiger partial charge in [0.2, 0.25) is 0 Å². The molecule has 0 aromatic heterocycles. The summed E-state index contributed by atoms with van der Waals surface area (Å²) in [5, 5.41) is 0. The van der Waals surface area contributed by atoms with Crippen molar-refractivity contribution < 1.29 is 9.59 Å². The smallest absolute Gasteiger partial charge is 0.148 e. The molecule has 1 fully saturated rings. The Balaban J connectivity index is 2.85. The summed E-state index contributed by atoms with van der Waals surface area (Å²) in [5.41, 5.74) is -0.674. The van der Waals surface area contributed by atoms with Crippen LogP contribution in [0.15, 0.2) is 0 Å². The number of rotatable bonds is 1. The Morgan fingerprint density at radius 3 is 2.14 bits per heavy atom. The minimum absolute atomic E-state index is 0.105.